The average Bonchev–Trinajstić information content (AvgIpc) is 1.93. The molecule has 1 aliphatic rings. The highest BCUT2D eigenvalue weighted by molar-refractivity contribution is 9.09. The zero-order valence-corrected chi connectivity index (χ0v) is 8.58. The zero-order chi connectivity index (χ0) is 10.1. The van der Waals surface area contributed by atoms with Gasteiger partial charge >= 0.3 is 11.9 Å². The van der Waals surface area contributed by atoms with Crippen LogP contribution in [0.2, 0.25) is 0 Å². The molecule has 74 valence electrons. The van der Waals surface area contributed by atoms with E-state index in [1.54, 1.807) is 0 Å². The first kappa shape index (κ1) is 10.5. The molecule has 0 bridgehead atoms. The number of alkyl halides is 1. The lowest BCUT2D eigenvalue weighted by Crippen LogP contribution is -2.50. The minimum absolute atomic E-state index is 0.242. The van der Waals surface area contributed by atoms with Crippen molar-refractivity contribution in [1.82, 2.24) is 0 Å². The van der Waals surface area contributed by atoms with Crippen molar-refractivity contribution in [2.45, 2.75) is 19.3 Å². The molecule has 1 fully saturated rings. The molecule has 2 N–H and O–H groups in total. The smallest absolute Gasteiger partial charge is 0.321 e. The Kier molecular flexibility index (Phi) is 2.95. The van der Waals surface area contributed by atoms with E-state index in [9.17, 15) is 9.59 Å². The van der Waals surface area contributed by atoms with Gasteiger partial charge < -0.3 is 10.2 Å². The molecule has 0 atom stereocenters. The Balaban J connectivity index is 2.59. The van der Waals surface area contributed by atoms with E-state index in [2.05, 4.69) is 15.9 Å². The number of hydrogen-bond donors (Lipinski definition) is 2. The first-order valence-electron chi connectivity index (χ1n) is 4.05. The fraction of sp³-hybridized carbons (Fsp3) is 0.750. The van der Waals surface area contributed by atoms with Gasteiger partial charge in [-0.3, -0.25) is 9.59 Å². The number of hydrogen-bond acceptors (Lipinski definition) is 2. The molecule has 0 saturated heterocycles. The summed E-state index contributed by atoms with van der Waals surface area (Å²) in [6.45, 7) is 0. The summed E-state index contributed by atoms with van der Waals surface area (Å²) in [7, 11) is 0. The van der Waals surface area contributed by atoms with Crippen LogP contribution in [-0.4, -0.2) is 27.5 Å². The summed E-state index contributed by atoms with van der Waals surface area (Å²) >= 11 is 3.24. The van der Waals surface area contributed by atoms with E-state index >= 15 is 0 Å². The maximum Gasteiger partial charge on any atom is 0.321 e. The predicted molar refractivity (Wildman–Crippen MR) is 48.8 cm³/mol. The molecule has 0 aromatic heterocycles. The van der Waals surface area contributed by atoms with Gasteiger partial charge in [0.1, 0.15) is 0 Å². The number of aliphatic carboxylic acids is 2. The number of rotatable bonds is 4. The fourth-order valence-corrected chi connectivity index (χ4v) is 2.37. The summed E-state index contributed by atoms with van der Waals surface area (Å²) in [4.78, 5) is 21.4. The summed E-state index contributed by atoms with van der Waals surface area (Å²) in [5, 5.41) is 18.3. The van der Waals surface area contributed by atoms with Crippen molar-refractivity contribution in [3.63, 3.8) is 0 Å². The molecule has 1 aliphatic carbocycles. The lowest BCUT2D eigenvalue weighted by atomic mass is 9.61. The SMILES string of the molecule is O=C(O)C1(C(=O)O)CC(CCBr)C1. The molecule has 0 spiro atoms. The van der Waals surface area contributed by atoms with Gasteiger partial charge in [0, 0.05) is 5.33 Å². The van der Waals surface area contributed by atoms with Crippen molar-refractivity contribution in [1.29, 1.82) is 0 Å². The van der Waals surface area contributed by atoms with Crippen molar-refractivity contribution >= 4 is 27.9 Å². The second kappa shape index (κ2) is 3.65. The van der Waals surface area contributed by atoms with Crippen LogP contribution in [0.4, 0.5) is 0 Å². The molecule has 0 aliphatic heterocycles. The second-order valence-corrected chi connectivity index (χ2v) is 4.24. The molecule has 0 radical (unpaired) electrons. The van der Waals surface area contributed by atoms with Crippen LogP contribution in [0.1, 0.15) is 19.3 Å². The van der Waals surface area contributed by atoms with Crippen molar-refractivity contribution in [2.75, 3.05) is 5.33 Å². The molecule has 1 rings (SSSR count). The predicted octanol–water partition coefficient (Wildman–Crippen LogP) is 1.34. The Morgan fingerprint density at radius 2 is 1.77 bits per heavy atom. The van der Waals surface area contributed by atoms with Gasteiger partial charge in [0.05, 0.1) is 0 Å². The second-order valence-electron chi connectivity index (χ2n) is 3.44. The van der Waals surface area contributed by atoms with Crippen molar-refractivity contribution in [3.8, 4) is 0 Å². The summed E-state index contributed by atoms with van der Waals surface area (Å²) < 4.78 is 0. The van der Waals surface area contributed by atoms with Gasteiger partial charge in [-0.05, 0) is 25.2 Å². The maximum atomic E-state index is 10.7. The van der Waals surface area contributed by atoms with Crippen LogP contribution in [-0.2, 0) is 9.59 Å². The van der Waals surface area contributed by atoms with Gasteiger partial charge in [-0.2, -0.15) is 0 Å². The summed E-state index contributed by atoms with van der Waals surface area (Å²) in [5.41, 5.74) is -1.49. The quantitative estimate of drug-likeness (QED) is 0.584. The Bertz CT molecular complexity index is 216. The van der Waals surface area contributed by atoms with Gasteiger partial charge in [-0.15, -0.1) is 0 Å². The van der Waals surface area contributed by atoms with Crippen molar-refractivity contribution in [3.05, 3.63) is 0 Å². The van der Waals surface area contributed by atoms with Crippen molar-refractivity contribution in [2.24, 2.45) is 11.3 Å². The van der Waals surface area contributed by atoms with Crippen LogP contribution >= 0.6 is 15.9 Å². The van der Waals surface area contributed by atoms with Crippen molar-refractivity contribution < 1.29 is 19.8 Å². The molecule has 13 heavy (non-hydrogen) atoms. The van der Waals surface area contributed by atoms with Crippen LogP contribution in [0.3, 0.4) is 0 Å². The van der Waals surface area contributed by atoms with E-state index in [0.717, 1.165) is 11.8 Å². The van der Waals surface area contributed by atoms with Gasteiger partial charge in [-0.25, -0.2) is 0 Å². The first-order valence-corrected chi connectivity index (χ1v) is 5.18. The molecule has 0 aromatic carbocycles. The largest absolute Gasteiger partial charge is 0.480 e. The topological polar surface area (TPSA) is 74.6 Å². The zero-order valence-electron chi connectivity index (χ0n) is 6.99. The molecule has 0 aromatic rings. The summed E-state index contributed by atoms with van der Waals surface area (Å²) in [6, 6.07) is 0. The summed E-state index contributed by atoms with van der Waals surface area (Å²) in [5.74, 6) is -2.16. The standard InChI is InChI=1S/C8H11BrO4/c9-2-1-5-3-8(4-5,6(10)11)7(12)13/h5H,1-4H2,(H,10,11)(H,12,13). The van der Waals surface area contributed by atoms with Crippen LogP contribution in [0.25, 0.3) is 0 Å². The van der Waals surface area contributed by atoms with Gasteiger partial charge in [-0.1, -0.05) is 15.9 Å². The number of carbonyl (C=O) groups is 2. The minimum Gasteiger partial charge on any atom is -0.480 e. The Labute approximate surface area is 84.1 Å². The summed E-state index contributed by atoms with van der Waals surface area (Å²) in [6.07, 6.45) is 1.38. The van der Waals surface area contributed by atoms with Gasteiger partial charge in [0.25, 0.3) is 0 Å². The average molecular weight is 251 g/mol. The van der Waals surface area contributed by atoms with Crippen LogP contribution in [0, 0.1) is 11.3 Å². The minimum atomic E-state index is -1.49. The molecular weight excluding hydrogens is 240 g/mol. The monoisotopic (exact) mass is 250 g/mol. The molecule has 0 amide bonds. The molecule has 0 unspecified atom stereocenters. The molecular formula is C8H11BrO4. The van der Waals surface area contributed by atoms with E-state index in [4.69, 9.17) is 10.2 Å². The van der Waals surface area contributed by atoms with Gasteiger partial charge in [0.15, 0.2) is 5.41 Å². The Morgan fingerprint density at radius 1 is 1.31 bits per heavy atom. The van der Waals surface area contributed by atoms with E-state index in [1.165, 1.54) is 0 Å². The maximum absolute atomic E-state index is 10.7. The number of halogens is 1. The van der Waals surface area contributed by atoms with Gasteiger partial charge in [0.2, 0.25) is 0 Å². The number of carboxylic acids is 2. The first-order chi connectivity index (χ1) is 6.03. The number of carboxylic acid groups (broad SMARTS) is 2. The highest BCUT2D eigenvalue weighted by Gasteiger charge is 2.56. The third-order valence-electron chi connectivity index (χ3n) is 2.61. The molecule has 5 heteroatoms. The third-order valence-corrected chi connectivity index (χ3v) is 3.07. The van der Waals surface area contributed by atoms with Crippen LogP contribution in [0.5, 0.6) is 0 Å². The lowest BCUT2D eigenvalue weighted by molar-refractivity contribution is -0.175. The van der Waals surface area contributed by atoms with Crippen LogP contribution < -0.4 is 0 Å². The third kappa shape index (κ3) is 1.70. The van der Waals surface area contributed by atoms with E-state index in [0.29, 0.717) is 0 Å². The highest BCUT2D eigenvalue weighted by Crippen LogP contribution is 2.47. The molecule has 0 heterocycles. The Hall–Kier alpha value is -0.580. The van der Waals surface area contributed by atoms with E-state index < -0.39 is 17.4 Å². The van der Waals surface area contributed by atoms with E-state index in [-0.39, 0.29) is 18.8 Å². The lowest BCUT2D eigenvalue weighted by Gasteiger charge is -2.40. The molecule has 4 nitrogen and oxygen atoms in total. The van der Waals surface area contributed by atoms with Crippen LogP contribution in [0.15, 0.2) is 0 Å². The fourth-order valence-electron chi connectivity index (χ4n) is 1.72. The van der Waals surface area contributed by atoms with E-state index in [1.807, 2.05) is 0 Å². The molecule has 1 saturated carbocycles. The normalized spacial score (nSPS) is 20.7. The Morgan fingerprint density at radius 3 is 2.08 bits per heavy atom. The highest BCUT2D eigenvalue weighted by atomic mass is 79.9.